The normalized spacial score (nSPS) is 19.4. The average molecular weight is 328 g/mol. The van der Waals surface area contributed by atoms with Crippen molar-refractivity contribution < 1.29 is 4.79 Å². The number of nitrogens with zero attached hydrogens (tertiary/aromatic N) is 1. The van der Waals surface area contributed by atoms with Crippen LogP contribution in [0, 0.1) is 0 Å². The molecule has 1 aliphatic heterocycles. The third-order valence-corrected chi connectivity index (χ3v) is 5.12. The van der Waals surface area contributed by atoms with Crippen LogP contribution in [0.5, 0.6) is 0 Å². The Bertz CT molecular complexity index is 430. The highest BCUT2D eigenvalue weighted by atomic mass is 79.9. The smallest absolute Gasteiger partial charge is 0.253 e. The molecule has 1 amide bonds. The Morgan fingerprint density at radius 2 is 1.94 bits per heavy atom. The van der Waals surface area contributed by atoms with Gasteiger partial charge in [0.25, 0.3) is 5.91 Å². The topological polar surface area (TPSA) is 20.3 Å². The number of thioether (sulfide) groups is 1. The van der Waals surface area contributed by atoms with Gasteiger partial charge in [-0.15, -0.1) is 0 Å². The first-order valence-electron chi connectivity index (χ1n) is 6.17. The number of hydrogen-bond donors (Lipinski definition) is 0. The fraction of sp³-hybridized carbons (Fsp3) is 0.500. The summed E-state index contributed by atoms with van der Waals surface area (Å²) in [6.45, 7) is 6.22. The van der Waals surface area contributed by atoms with Gasteiger partial charge in [0.15, 0.2) is 0 Å². The van der Waals surface area contributed by atoms with Crippen LogP contribution in [0.2, 0.25) is 0 Å². The summed E-state index contributed by atoms with van der Waals surface area (Å²) in [6.07, 6.45) is 1.06. The molecule has 0 spiro atoms. The molecule has 1 aliphatic rings. The lowest BCUT2D eigenvalue weighted by molar-refractivity contribution is 0.0764. The Morgan fingerprint density at radius 3 is 2.61 bits per heavy atom. The van der Waals surface area contributed by atoms with Crippen molar-refractivity contribution in [2.75, 3.05) is 18.8 Å². The third-order valence-electron chi connectivity index (χ3n) is 3.22. The van der Waals surface area contributed by atoms with E-state index in [0.717, 1.165) is 35.3 Å². The van der Waals surface area contributed by atoms with E-state index < -0.39 is 0 Å². The second-order valence-electron chi connectivity index (χ2n) is 5.16. The van der Waals surface area contributed by atoms with E-state index in [1.54, 1.807) is 0 Å². The Labute approximate surface area is 121 Å². The lowest BCUT2D eigenvalue weighted by atomic mass is 10.1. The fourth-order valence-corrected chi connectivity index (χ4v) is 3.36. The molecule has 0 atom stereocenters. The van der Waals surface area contributed by atoms with Crippen LogP contribution in [0.25, 0.3) is 0 Å². The highest BCUT2D eigenvalue weighted by molar-refractivity contribution is 9.10. The zero-order valence-corrected chi connectivity index (χ0v) is 13.2. The van der Waals surface area contributed by atoms with Crippen molar-refractivity contribution in [2.45, 2.75) is 25.0 Å². The molecule has 1 aromatic rings. The molecule has 98 valence electrons. The molecule has 0 saturated carbocycles. The standard InChI is InChI=1S/C14H18BrNOS/c1-14(2)7-8-16(9-10-18-14)13(17)11-3-5-12(15)6-4-11/h3-6H,7-10H2,1-2H3. The molecule has 0 unspecified atom stereocenters. The maximum atomic E-state index is 12.4. The maximum absolute atomic E-state index is 12.4. The predicted molar refractivity (Wildman–Crippen MR) is 81.2 cm³/mol. The quantitative estimate of drug-likeness (QED) is 0.781. The van der Waals surface area contributed by atoms with Crippen molar-refractivity contribution in [3.05, 3.63) is 34.3 Å². The monoisotopic (exact) mass is 327 g/mol. The molecule has 1 saturated heterocycles. The van der Waals surface area contributed by atoms with Crippen LogP contribution in [-0.4, -0.2) is 34.4 Å². The van der Waals surface area contributed by atoms with Gasteiger partial charge in [-0.1, -0.05) is 29.8 Å². The highest BCUT2D eigenvalue weighted by Crippen LogP contribution is 2.31. The lowest BCUT2D eigenvalue weighted by Gasteiger charge is -2.22. The number of amides is 1. The zero-order chi connectivity index (χ0) is 13.2. The van der Waals surface area contributed by atoms with Gasteiger partial charge in [-0.3, -0.25) is 4.79 Å². The lowest BCUT2D eigenvalue weighted by Crippen LogP contribution is -2.33. The fourth-order valence-electron chi connectivity index (χ4n) is 2.00. The molecule has 4 heteroatoms. The molecule has 1 heterocycles. The highest BCUT2D eigenvalue weighted by Gasteiger charge is 2.26. The second kappa shape index (κ2) is 5.66. The van der Waals surface area contributed by atoms with Crippen LogP contribution in [0.15, 0.2) is 28.7 Å². The Hall–Kier alpha value is -0.480. The Kier molecular flexibility index (Phi) is 4.38. The largest absolute Gasteiger partial charge is 0.338 e. The summed E-state index contributed by atoms with van der Waals surface area (Å²) in [5, 5.41) is 0. The van der Waals surface area contributed by atoms with Crippen molar-refractivity contribution in [1.29, 1.82) is 0 Å². The Morgan fingerprint density at radius 1 is 1.28 bits per heavy atom. The number of benzene rings is 1. The van der Waals surface area contributed by atoms with Crippen molar-refractivity contribution in [3.8, 4) is 0 Å². The van der Waals surface area contributed by atoms with Crippen LogP contribution < -0.4 is 0 Å². The summed E-state index contributed by atoms with van der Waals surface area (Å²) in [5.74, 6) is 1.18. The van der Waals surface area contributed by atoms with Gasteiger partial charge >= 0.3 is 0 Å². The van der Waals surface area contributed by atoms with Gasteiger partial charge in [0.1, 0.15) is 0 Å². The van der Waals surface area contributed by atoms with Crippen molar-refractivity contribution in [1.82, 2.24) is 4.90 Å². The Balaban J connectivity index is 2.07. The van der Waals surface area contributed by atoms with E-state index in [4.69, 9.17) is 0 Å². The first kappa shape index (κ1) is 13.9. The van der Waals surface area contributed by atoms with Crippen LogP contribution in [0.3, 0.4) is 0 Å². The van der Waals surface area contributed by atoms with Gasteiger partial charge in [0.2, 0.25) is 0 Å². The predicted octanol–water partition coefficient (Wildman–Crippen LogP) is 3.81. The molecule has 0 aliphatic carbocycles. The van der Waals surface area contributed by atoms with Gasteiger partial charge in [-0.05, 0) is 30.7 Å². The van der Waals surface area contributed by atoms with Gasteiger partial charge in [0, 0.05) is 33.6 Å². The molecule has 1 fully saturated rings. The van der Waals surface area contributed by atoms with E-state index in [9.17, 15) is 4.79 Å². The van der Waals surface area contributed by atoms with Crippen LogP contribution in [0.4, 0.5) is 0 Å². The van der Waals surface area contributed by atoms with Crippen molar-refractivity contribution in [3.63, 3.8) is 0 Å². The molecule has 0 radical (unpaired) electrons. The molecular formula is C14H18BrNOS. The number of carbonyl (C=O) groups excluding carboxylic acids is 1. The van der Waals surface area contributed by atoms with E-state index >= 15 is 0 Å². The molecule has 2 rings (SSSR count). The summed E-state index contributed by atoms with van der Waals surface area (Å²) < 4.78 is 1.29. The summed E-state index contributed by atoms with van der Waals surface area (Å²) in [4.78, 5) is 14.4. The van der Waals surface area contributed by atoms with Gasteiger partial charge in [0.05, 0.1) is 0 Å². The molecule has 0 N–H and O–H groups in total. The van der Waals surface area contributed by atoms with E-state index in [2.05, 4.69) is 29.8 Å². The summed E-state index contributed by atoms with van der Waals surface area (Å²) in [7, 11) is 0. The maximum Gasteiger partial charge on any atom is 0.253 e. The van der Waals surface area contributed by atoms with Crippen LogP contribution >= 0.6 is 27.7 Å². The first-order chi connectivity index (χ1) is 8.48. The average Bonchev–Trinajstić information content (AvgIpc) is 2.50. The third kappa shape index (κ3) is 3.51. The summed E-state index contributed by atoms with van der Waals surface area (Å²) in [6, 6.07) is 7.61. The van der Waals surface area contributed by atoms with Crippen LogP contribution in [-0.2, 0) is 0 Å². The molecular weight excluding hydrogens is 310 g/mol. The number of carbonyl (C=O) groups is 1. The summed E-state index contributed by atoms with van der Waals surface area (Å²) >= 11 is 5.35. The van der Waals surface area contributed by atoms with Crippen molar-refractivity contribution in [2.24, 2.45) is 0 Å². The second-order valence-corrected chi connectivity index (χ2v) is 7.88. The van der Waals surface area contributed by atoms with Crippen molar-refractivity contribution >= 4 is 33.6 Å². The van der Waals surface area contributed by atoms with E-state index in [1.807, 2.05) is 40.9 Å². The number of rotatable bonds is 1. The minimum Gasteiger partial charge on any atom is -0.338 e. The minimum absolute atomic E-state index is 0.154. The zero-order valence-electron chi connectivity index (χ0n) is 10.8. The summed E-state index contributed by atoms with van der Waals surface area (Å²) in [5.41, 5.74) is 0.780. The van der Waals surface area contributed by atoms with Gasteiger partial charge in [-0.25, -0.2) is 0 Å². The van der Waals surface area contributed by atoms with Crippen LogP contribution in [0.1, 0.15) is 30.6 Å². The van der Waals surface area contributed by atoms with E-state index in [1.165, 1.54) is 0 Å². The van der Waals surface area contributed by atoms with Gasteiger partial charge < -0.3 is 4.90 Å². The van der Waals surface area contributed by atoms with Gasteiger partial charge in [-0.2, -0.15) is 11.8 Å². The minimum atomic E-state index is 0.154. The molecule has 1 aromatic carbocycles. The molecule has 2 nitrogen and oxygen atoms in total. The molecule has 0 bridgehead atoms. The molecule has 18 heavy (non-hydrogen) atoms. The SMILES string of the molecule is CC1(C)CCN(C(=O)c2ccc(Br)cc2)CCS1. The number of hydrogen-bond acceptors (Lipinski definition) is 2. The van der Waals surface area contributed by atoms with E-state index in [0.29, 0.717) is 0 Å². The van der Waals surface area contributed by atoms with E-state index in [-0.39, 0.29) is 10.7 Å². The number of halogens is 1. The molecule has 0 aromatic heterocycles. The first-order valence-corrected chi connectivity index (χ1v) is 7.95.